The molecule has 1 aromatic carbocycles. The van der Waals surface area contributed by atoms with Crippen LogP contribution in [0.2, 0.25) is 0 Å². The molecule has 0 aliphatic carbocycles. The average molecular weight is 349 g/mol. The molecule has 132 valence electrons. The van der Waals surface area contributed by atoms with Crippen LogP contribution in [0.3, 0.4) is 0 Å². The van der Waals surface area contributed by atoms with Crippen molar-refractivity contribution in [1.29, 1.82) is 0 Å². The molecule has 0 bridgehead atoms. The molecule has 3 aromatic rings. The molecule has 0 radical (unpaired) electrons. The van der Waals surface area contributed by atoms with Crippen molar-refractivity contribution in [3.63, 3.8) is 0 Å². The third-order valence-corrected chi connectivity index (χ3v) is 4.52. The Morgan fingerprint density at radius 2 is 2.04 bits per heavy atom. The van der Waals surface area contributed by atoms with Gasteiger partial charge in [-0.15, -0.1) is 0 Å². The first-order chi connectivity index (χ1) is 12.6. The summed E-state index contributed by atoms with van der Waals surface area (Å²) in [6, 6.07) is 13.3. The summed E-state index contributed by atoms with van der Waals surface area (Å²) in [5.41, 5.74) is 3.32. The fraction of sp³-hybridized carbons (Fsp3) is 0.222. The van der Waals surface area contributed by atoms with Crippen molar-refractivity contribution in [3.05, 3.63) is 71.2 Å². The molecule has 1 aliphatic heterocycles. The van der Waals surface area contributed by atoms with Gasteiger partial charge in [0, 0.05) is 31.2 Å². The van der Waals surface area contributed by atoms with Crippen LogP contribution < -0.4 is 10.6 Å². The Kier molecular flexibility index (Phi) is 4.00. The minimum absolute atomic E-state index is 0.147. The summed E-state index contributed by atoms with van der Waals surface area (Å²) in [5, 5.41) is 18.0. The van der Waals surface area contributed by atoms with Crippen LogP contribution in [-0.4, -0.2) is 30.7 Å². The number of amides is 1. The zero-order chi connectivity index (χ0) is 18.1. The number of aryl methyl sites for hydroxylation is 1. The smallest absolute Gasteiger partial charge is 0.251 e. The van der Waals surface area contributed by atoms with Crippen LogP contribution in [-0.2, 0) is 18.4 Å². The van der Waals surface area contributed by atoms with Gasteiger partial charge in [-0.3, -0.25) is 4.79 Å². The number of carbonyl (C=O) groups is 1. The maximum Gasteiger partial charge on any atom is 0.251 e. The van der Waals surface area contributed by atoms with Crippen LogP contribution in [0.4, 0.5) is 5.95 Å². The molecule has 1 unspecified atom stereocenters. The van der Waals surface area contributed by atoms with Gasteiger partial charge >= 0.3 is 0 Å². The van der Waals surface area contributed by atoms with Crippen molar-refractivity contribution < 1.29 is 4.79 Å². The molecule has 1 aliphatic rings. The van der Waals surface area contributed by atoms with Crippen LogP contribution in [0.1, 0.15) is 24.2 Å². The monoisotopic (exact) mass is 349 g/mol. The third-order valence-electron chi connectivity index (χ3n) is 4.52. The Labute approximate surface area is 150 Å². The van der Waals surface area contributed by atoms with Crippen molar-refractivity contribution in [3.8, 4) is 0 Å². The van der Waals surface area contributed by atoms with Crippen molar-refractivity contribution in [1.82, 2.24) is 30.1 Å². The first-order valence-corrected chi connectivity index (χ1v) is 8.34. The summed E-state index contributed by atoms with van der Waals surface area (Å²) in [7, 11) is 1.94. The lowest BCUT2D eigenvalue weighted by atomic mass is 9.99. The summed E-state index contributed by atoms with van der Waals surface area (Å²) in [6.45, 7) is 2.32. The van der Waals surface area contributed by atoms with Crippen molar-refractivity contribution >= 4 is 11.9 Å². The summed E-state index contributed by atoms with van der Waals surface area (Å²) in [5.74, 6) is 0.375. The molecule has 1 amide bonds. The van der Waals surface area contributed by atoms with E-state index in [1.54, 1.807) is 4.68 Å². The minimum atomic E-state index is -0.392. The SMILES string of the molecule is CC1=C(C(=O)NCc2ccccc2)C(c2cccn2C)n2nnnc2N1. The third kappa shape index (κ3) is 2.75. The van der Waals surface area contributed by atoms with E-state index in [1.165, 1.54) is 0 Å². The highest BCUT2D eigenvalue weighted by Crippen LogP contribution is 2.34. The number of anilines is 1. The van der Waals surface area contributed by atoms with E-state index in [1.807, 2.05) is 67.2 Å². The second kappa shape index (κ2) is 6.47. The summed E-state index contributed by atoms with van der Waals surface area (Å²) in [6.07, 6.45) is 1.94. The molecule has 0 saturated heterocycles. The van der Waals surface area contributed by atoms with Crippen molar-refractivity contribution in [2.24, 2.45) is 7.05 Å². The molecule has 0 saturated carbocycles. The lowest BCUT2D eigenvalue weighted by Crippen LogP contribution is -2.35. The summed E-state index contributed by atoms with van der Waals surface area (Å²) in [4.78, 5) is 13.0. The minimum Gasteiger partial charge on any atom is -0.352 e. The van der Waals surface area contributed by atoms with Crippen LogP contribution in [0.25, 0.3) is 0 Å². The number of carbonyl (C=O) groups excluding carboxylic acids is 1. The number of allylic oxidation sites excluding steroid dienone is 1. The highest BCUT2D eigenvalue weighted by atomic mass is 16.1. The van der Waals surface area contributed by atoms with E-state index < -0.39 is 6.04 Å². The molecular formula is C18H19N7O. The highest BCUT2D eigenvalue weighted by Gasteiger charge is 2.35. The summed E-state index contributed by atoms with van der Waals surface area (Å²) >= 11 is 0. The molecule has 8 nitrogen and oxygen atoms in total. The zero-order valence-corrected chi connectivity index (χ0v) is 14.5. The van der Waals surface area contributed by atoms with Crippen LogP contribution >= 0.6 is 0 Å². The number of nitrogens with one attached hydrogen (secondary N) is 2. The van der Waals surface area contributed by atoms with E-state index in [2.05, 4.69) is 26.2 Å². The van der Waals surface area contributed by atoms with E-state index in [0.29, 0.717) is 18.1 Å². The Hall–Kier alpha value is -3.42. The molecule has 0 spiro atoms. The fourth-order valence-corrected chi connectivity index (χ4v) is 3.21. The Bertz CT molecular complexity index is 970. The van der Waals surface area contributed by atoms with Gasteiger partial charge in [0.2, 0.25) is 5.95 Å². The predicted octanol–water partition coefficient (Wildman–Crippen LogP) is 1.62. The van der Waals surface area contributed by atoms with Gasteiger partial charge < -0.3 is 15.2 Å². The first kappa shape index (κ1) is 16.1. The molecule has 1 atom stereocenters. The van der Waals surface area contributed by atoms with Gasteiger partial charge in [-0.25, -0.2) is 0 Å². The van der Waals surface area contributed by atoms with Gasteiger partial charge in [0.05, 0.1) is 5.57 Å². The lowest BCUT2D eigenvalue weighted by molar-refractivity contribution is -0.118. The van der Waals surface area contributed by atoms with E-state index >= 15 is 0 Å². The second-order valence-electron chi connectivity index (χ2n) is 6.23. The van der Waals surface area contributed by atoms with Gasteiger partial charge in [0.25, 0.3) is 5.91 Å². The molecule has 26 heavy (non-hydrogen) atoms. The second-order valence-corrected chi connectivity index (χ2v) is 6.23. The average Bonchev–Trinajstić information content (AvgIpc) is 3.28. The number of tetrazole rings is 1. The number of aromatic nitrogens is 5. The number of nitrogens with zero attached hydrogens (tertiary/aromatic N) is 5. The van der Waals surface area contributed by atoms with E-state index in [0.717, 1.165) is 17.0 Å². The Balaban J connectivity index is 1.68. The number of fused-ring (bicyclic) bond motifs is 1. The van der Waals surface area contributed by atoms with E-state index in [4.69, 9.17) is 0 Å². The van der Waals surface area contributed by atoms with Gasteiger partial charge in [0.15, 0.2) is 0 Å². The number of hydrogen-bond donors (Lipinski definition) is 2. The maximum atomic E-state index is 13.0. The van der Waals surface area contributed by atoms with Gasteiger partial charge in [-0.1, -0.05) is 35.4 Å². The molecule has 4 rings (SSSR count). The predicted molar refractivity (Wildman–Crippen MR) is 96.0 cm³/mol. The largest absolute Gasteiger partial charge is 0.352 e. The van der Waals surface area contributed by atoms with Crippen LogP contribution in [0.5, 0.6) is 0 Å². The lowest BCUT2D eigenvalue weighted by Gasteiger charge is -2.28. The molecule has 8 heteroatoms. The maximum absolute atomic E-state index is 13.0. The normalized spacial score (nSPS) is 16.2. The highest BCUT2D eigenvalue weighted by molar-refractivity contribution is 5.96. The standard InChI is InChI=1S/C18H19N7O/c1-12-15(17(26)19-11-13-7-4-3-5-8-13)16(14-9-6-10-24(14)2)25-18(20-12)21-22-23-25/h3-10,16H,11H2,1-2H3,(H,19,26)(H,20,21,23). The Morgan fingerprint density at radius 3 is 2.77 bits per heavy atom. The first-order valence-electron chi connectivity index (χ1n) is 8.34. The van der Waals surface area contributed by atoms with Crippen LogP contribution in [0, 0.1) is 0 Å². The number of benzene rings is 1. The molecule has 3 heterocycles. The number of hydrogen-bond acceptors (Lipinski definition) is 5. The Morgan fingerprint density at radius 1 is 1.23 bits per heavy atom. The molecule has 2 aromatic heterocycles. The number of rotatable bonds is 4. The van der Waals surface area contributed by atoms with Crippen LogP contribution in [0.15, 0.2) is 59.9 Å². The van der Waals surface area contributed by atoms with Gasteiger partial charge in [-0.2, -0.15) is 4.68 Å². The summed E-state index contributed by atoms with van der Waals surface area (Å²) < 4.78 is 3.61. The van der Waals surface area contributed by atoms with E-state index in [-0.39, 0.29) is 5.91 Å². The molecule has 0 fully saturated rings. The van der Waals surface area contributed by atoms with Crippen molar-refractivity contribution in [2.75, 3.05) is 5.32 Å². The fourth-order valence-electron chi connectivity index (χ4n) is 3.21. The van der Waals surface area contributed by atoms with E-state index in [9.17, 15) is 4.79 Å². The molecule has 2 N–H and O–H groups in total. The quantitative estimate of drug-likeness (QED) is 0.747. The molecular weight excluding hydrogens is 330 g/mol. The topological polar surface area (TPSA) is 89.7 Å². The zero-order valence-electron chi connectivity index (χ0n) is 14.5. The van der Waals surface area contributed by atoms with Crippen molar-refractivity contribution in [2.45, 2.75) is 19.5 Å². The van der Waals surface area contributed by atoms with Gasteiger partial charge in [-0.05, 0) is 35.0 Å². The van der Waals surface area contributed by atoms with Gasteiger partial charge in [0.1, 0.15) is 6.04 Å².